The summed E-state index contributed by atoms with van der Waals surface area (Å²) in [6.07, 6.45) is 5.93. The van der Waals surface area contributed by atoms with E-state index >= 15 is 0 Å². The highest BCUT2D eigenvalue weighted by Gasteiger charge is 2.38. The monoisotopic (exact) mass is 161 g/mol. The summed E-state index contributed by atoms with van der Waals surface area (Å²) < 4.78 is 0. The molecule has 0 aromatic heterocycles. The maximum Gasteiger partial charge on any atom is -0.00461 e. The molecule has 2 N–H and O–H groups in total. The van der Waals surface area contributed by atoms with Gasteiger partial charge in [0.2, 0.25) is 0 Å². The third-order valence-electron chi connectivity index (χ3n) is 3.19. The van der Waals surface area contributed by atoms with Gasteiger partial charge in [-0.15, -0.1) is 12.4 Å². The maximum absolute atomic E-state index is 5.62. The third kappa shape index (κ3) is 1.17. The van der Waals surface area contributed by atoms with Crippen molar-refractivity contribution in [2.45, 2.75) is 25.7 Å². The van der Waals surface area contributed by atoms with Crippen molar-refractivity contribution in [1.29, 1.82) is 0 Å². The van der Waals surface area contributed by atoms with Crippen molar-refractivity contribution in [3.8, 4) is 0 Å². The minimum absolute atomic E-state index is 0. The summed E-state index contributed by atoms with van der Waals surface area (Å²) >= 11 is 0. The van der Waals surface area contributed by atoms with E-state index in [-0.39, 0.29) is 12.4 Å². The molecule has 0 aromatic carbocycles. The standard InChI is InChI=1S/C8H15N.ClH/c9-5-8-4-6-1-2-7(8)3-6;/h6-8H,1-5,9H2;1H. The Morgan fingerprint density at radius 1 is 1.20 bits per heavy atom. The number of hydrogen-bond donors (Lipinski definition) is 1. The predicted octanol–water partition coefficient (Wildman–Crippen LogP) is 1.80. The van der Waals surface area contributed by atoms with E-state index in [1.807, 2.05) is 0 Å². The zero-order chi connectivity index (χ0) is 6.27. The molecule has 0 aliphatic heterocycles. The zero-order valence-electron chi connectivity index (χ0n) is 6.25. The van der Waals surface area contributed by atoms with Crippen LogP contribution in [-0.4, -0.2) is 6.54 Å². The molecular weight excluding hydrogens is 146 g/mol. The van der Waals surface area contributed by atoms with E-state index in [0.29, 0.717) is 0 Å². The highest BCUT2D eigenvalue weighted by molar-refractivity contribution is 5.85. The molecule has 2 saturated carbocycles. The topological polar surface area (TPSA) is 26.0 Å². The first-order valence-electron chi connectivity index (χ1n) is 4.10. The minimum Gasteiger partial charge on any atom is -0.330 e. The van der Waals surface area contributed by atoms with Gasteiger partial charge < -0.3 is 5.73 Å². The smallest absolute Gasteiger partial charge is 0.00461 e. The Bertz CT molecular complexity index is 116. The fourth-order valence-corrected chi connectivity index (χ4v) is 2.67. The average Bonchev–Trinajstić information content (AvgIpc) is 2.45. The summed E-state index contributed by atoms with van der Waals surface area (Å²) in [7, 11) is 0. The first-order chi connectivity index (χ1) is 4.40. The van der Waals surface area contributed by atoms with Crippen LogP contribution in [0.15, 0.2) is 0 Å². The van der Waals surface area contributed by atoms with Crippen LogP contribution in [0.1, 0.15) is 25.7 Å². The first-order valence-corrected chi connectivity index (χ1v) is 4.10. The van der Waals surface area contributed by atoms with E-state index in [1.165, 1.54) is 25.7 Å². The number of fused-ring (bicyclic) bond motifs is 2. The molecule has 2 aliphatic carbocycles. The fraction of sp³-hybridized carbons (Fsp3) is 1.00. The van der Waals surface area contributed by atoms with Gasteiger partial charge in [-0.25, -0.2) is 0 Å². The molecule has 3 unspecified atom stereocenters. The number of hydrogen-bond acceptors (Lipinski definition) is 1. The quantitative estimate of drug-likeness (QED) is 0.624. The van der Waals surface area contributed by atoms with Crippen LogP contribution in [0, 0.1) is 17.8 Å². The highest BCUT2D eigenvalue weighted by atomic mass is 35.5. The second-order valence-corrected chi connectivity index (χ2v) is 3.67. The molecule has 0 spiro atoms. The molecule has 3 atom stereocenters. The van der Waals surface area contributed by atoms with Gasteiger partial charge in [-0.2, -0.15) is 0 Å². The van der Waals surface area contributed by atoms with Crippen LogP contribution in [-0.2, 0) is 0 Å². The molecule has 0 heterocycles. The molecule has 2 aliphatic rings. The van der Waals surface area contributed by atoms with E-state index in [4.69, 9.17) is 5.73 Å². The normalized spacial score (nSPS) is 43.5. The summed E-state index contributed by atoms with van der Waals surface area (Å²) in [6, 6.07) is 0. The highest BCUT2D eigenvalue weighted by Crippen LogP contribution is 2.47. The largest absolute Gasteiger partial charge is 0.330 e. The summed E-state index contributed by atoms with van der Waals surface area (Å²) in [5.41, 5.74) is 5.62. The van der Waals surface area contributed by atoms with Crippen molar-refractivity contribution in [3.63, 3.8) is 0 Å². The Labute approximate surface area is 68.8 Å². The lowest BCUT2D eigenvalue weighted by Gasteiger charge is -2.18. The van der Waals surface area contributed by atoms with Gasteiger partial charge in [-0.3, -0.25) is 0 Å². The van der Waals surface area contributed by atoms with Gasteiger partial charge in [-0.05, 0) is 43.6 Å². The van der Waals surface area contributed by atoms with Gasteiger partial charge >= 0.3 is 0 Å². The van der Waals surface area contributed by atoms with Gasteiger partial charge in [-0.1, -0.05) is 6.42 Å². The van der Waals surface area contributed by atoms with E-state index < -0.39 is 0 Å². The minimum atomic E-state index is 0. The Morgan fingerprint density at radius 3 is 2.30 bits per heavy atom. The van der Waals surface area contributed by atoms with Crippen molar-refractivity contribution in [3.05, 3.63) is 0 Å². The predicted molar refractivity (Wildman–Crippen MR) is 45.2 cm³/mol. The first kappa shape index (κ1) is 8.35. The Balaban J connectivity index is 0.000000500. The Hall–Kier alpha value is 0.250. The molecular formula is C8H16ClN. The Kier molecular flexibility index (Phi) is 2.59. The summed E-state index contributed by atoms with van der Waals surface area (Å²) in [5.74, 6) is 3.01. The van der Waals surface area contributed by atoms with E-state index in [1.54, 1.807) is 0 Å². The van der Waals surface area contributed by atoms with Gasteiger partial charge in [0.15, 0.2) is 0 Å². The molecule has 2 fully saturated rings. The second kappa shape index (κ2) is 3.10. The molecule has 0 radical (unpaired) electrons. The van der Waals surface area contributed by atoms with Crippen LogP contribution >= 0.6 is 12.4 Å². The lowest BCUT2D eigenvalue weighted by atomic mass is 9.89. The Morgan fingerprint density at radius 2 is 2.00 bits per heavy atom. The summed E-state index contributed by atoms with van der Waals surface area (Å²) in [6.45, 7) is 0.946. The molecule has 0 aromatic rings. The zero-order valence-corrected chi connectivity index (χ0v) is 7.07. The van der Waals surface area contributed by atoms with Crippen LogP contribution in [0.3, 0.4) is 0 Å². The average molecular weight is 162 g/mol. The molecule has 60 valence electrons. The second-order valence-electron chi connectivity index (χ2n) is 3.67. The maximum atomic E-state index is 5.62. The number of halogens is 1. The van der Waals surface area contributed by atoms with Crippen LogP contribution in [0.2, 0.25) is 0 Å². The lowest BCUT2D eigenvalue weighted by molar-refractivity contribution is 0.341. The lowest BCUT2D eigenvalue weighted by Crippen LogP contribution is -2.19. The molecule has 1 nitrogen and oxygen atoms in total. The van der Waals surface area contributed by atoms with Gasteiger partial charge in [0, 0.05) is 0 Å². The summed E-state index contributed by atoms with van der Waals surface area (Å²) in [4.78, 5) is 0. The molecule has 0 saturated heterocycles. The molecule has 2 rings (SSSR count). The molecule has 2 heteroatoms. The van der Waals surface area contributed by atoms with Crippen LogP contribution in [0.4, 0.5) is 0 Å². The van der Waals surface area contributed by atoms with Crippen molar-refractivity contribution in [2.75, 3.05) is 6.54 Å². The number of rotatable bonds is 1. The summed E-state index contributed by atoms with van der Waals surface area (Å²) in [5, 5.41) is 0. The molecule has 10 heavy (non-hydrogen) atoms. The van der Waals surface area contributed by atoms with E-state index in [9.17, 15) is 0 Å². The molecule has 2 bridgehead atoms. The fourth-order valence-electron chi connectivity index (χ4n) is 2.67. The van der Waals surface area contributed by atoms with Crippen molar-refractivity contribution < 1.29 is 0 Å². The van der Waals surface area contributed by atoms with Gasteiger partial charge in [0.05, 0.1) is 0 Å². The number of nitrogens with two attached hydrogens (primary N) is 1. The van der Waals surface area contributed by atoms with Crippen LogP contribution < -0.4 is 5.73 Å². The van der Waals surface area contributed by atoms with Crippen LogP contribution in [0.25, 0.3) is 0 Å². The van der Waals surface area contributed by atoms with Crippen molar-refractivity contribution in [1.82, 2.24) is 0 Å². The SMILES string of the molecule is Cl.NCC1CC2CCC1C2. The van der Waals surface area contributed by atoms with E-state index in [2.05, 4.69) is 0 Å². The molecule has 0 amide bonds. The van der Waals surface area contributed by atoms with Crippen LogP contribution in [0.5, 0.6) is 0 Å². The van der Waals surface area contributed by atoms with Crippen molar-refractivity contribution >= 4 is 12.4 Å². The van der Waals surface area contributed by atoms with Gasteiger partial charge in [0.25, 0.3) is 0 Å². The van der Waals surface area contributed by atoms with E-state index in [0.717, 1.165) is 24.3 Å². The van der Waals surface area contributed by atoms with Gasteiger partial charge in [0.1, 0.15) is 0 Å². The van der Waals surface area contributed by atoms with Crippen molar-refractivity contribution in [2.24, 2.45) is 23.5 Å². The third-order valence-corrected chi connectivity index (χ3v) is 3.19.